The summed E-state index contributed by atoms with van der Waals surface area (Å²) >= 11 is 7.90. The van der Waals surface area contributed by atoms with Gasteiger partial charge in [-0.15, -0.1) is 11.8 Å². The number of halogens is 1. The molecule has 1 heterocycles. The van der Waals surface area contributed by atoms with E-state index in [9.17, 15) is 4.79 Å². The topological polar surface area (TPSA) is 26.3 Å². The fourth-order valence-corrected chi connectivity index (χ4v) is 4.79. The number of hydrogen-bond acceptors (Lipinski definition) is 3. The standard InChI is InChI=1S/C20H21ClO2S/c21-15-6-8-16(9-7-15)24-20(12-13-20)17-10-11-19(22)23-18(17)3-1-2-14-4-5-14/h2,6-9H,1,3-5,10-13H2. The monoisotopic (exact) mass is 360 g/mol. The quantitative estimate of drug-likeness (QED) is 0.456. The van der Waals surface area contributed by atoms with Gasteiger partial charge in [-0.3, -0.25) is 4.79 Å². The Morgan fingerprint density at radius 1 is 1.12 bits per heavy atom. The molecule has 2 fully saturated rings. The molecule has 4 heteroatoms. The van der Waals surface area contributed by atoms with Gasteiger partial charge >= 0.3 is 5.97 Å². The summed E-state index contributed by atoms with van der Waals surface area (Å²) in [4.78, 5) is 13.0. The van der Waals surface area contributed by atoms with Crippen LogP contribution in [0.15, 0.2) is 52.1 Å². The lowest BCUT2D eigenvalue weighted by atomic mass is 9.98. The summed E-state index contributed by atoms with van der Waals surface area (Å²) in [5, 5.41) is 0.767. The lowest BCUT2D eigenvalue weighted by Crippen LogP contribution is -2.20. The number of benzene rings is 1. The van der Waals surface area contributed by atoms with E-state index in [1.54, 1.807) is 5.57 Å². The van der Waals surface area contributed by atoms with Crippen LogP contribution in [-0.4, -0.2) is 10.7 Å². The van der Waals surface area contributed by atoms with Crippen LogP contribution in [0.25, 0.3) is 0 Å². The van der Waals surface area contributed by atoms with Crippen molar-refractivity contribution >= 4 is 29.3 Å². The Balaban J connectivity index is 1.54. The van der Waals surface area contributed by atoms with Gasteiger partial charge in [0, 0.05) is 27.5 Å². The molecule has 1 aromatic carbocycles. The van der Waals surface area contributed by atoms with Gasteiger partial charge < -0.3 is 4.74 Å². The van der Waals surface area contributed by atoms with Crippen molar-refractivity contribution in [1.82, 2.24) is 0 Å². The smallest absolute Gasteiger partial charge is 0.311 e. The average molecular weight is 361 g/mol. The largest absolute Gasteiger partial charge is 0.431 e. The lowest BCUT2D eigenvalue weighted by molar-refractivity contribution is -0.140. The summed E-state index contributed by atoms with van der Waals surface area (Å²) in [6.45, 7) is 0. The molecule has 2 nitrogen and oxygen atoms in total. The van der Waals surface area contributed by atoms with Crippen LogP contribution in [0.3, 0.4) is 0 Å². The molecule has 0 atom stereocenters. The maximum absolute atomic E-state index is 11.8. The number of esters is 1. The molecule has 4 rings (SSSR count). The highest BCUT2D eigenvalue weighted by atomic mass is 35.5. The first-order valence-electron chi connectivity index (χ1n) is 8.70. The number of rotatable bonds is 6. The van der Waals surface area contributed by atoms with Crippen LogP contribution in [-0.2, 0) is 9.53 Å². The number of ether oxygens (including phenoxy) is 1. The second-order valence-corrected chi connectivity index (χ2v) is 8.72. The van der Waals surface area contributed by atoms with Gasteiger partial charge in [0.1, 0.15) is 5.76 Å². The number of hydrogen-bond donors (Lipinski definition) is 0. The van der Waals surface area contributed by atoms with Crippen molar-refractivity contribution in [1.29, 1.82) is 0 Å². The highest BCUT2D eigenvalue weighted by molar-refractivity contribution is 8.01. The van der Waals surface area contributed by atoms with E-state index in [0.29, 0.717) is 6.42 Å². The minimum atomic E-state index is -0.0693. The van der Waals surface area contributed by atoms with Crippen LogP contribution in [0.1, 0.15) is 51.4 Å². The Hall–Kier alpha value is -1.19. The van der Waals surface area contributed by atoms with Crippen LogP contribution in [0.2, 0.25) is 5.02 Å². The third-order valence-electron chi connectivity index (χ3n) is 4.88. The zero-order valence-corrected chi connectivity index (χ0v) is 15.2. The zero-order valence-electron chi connectivity index (χ0n) is 13.6. The van der Waals surface area contributed by atoms with E-state index < -0.39 is 0 Å². The molecule has 126 valence electrons. The summed E-state index contributed by atoms with van der Waals surface area (Å²) in [7, 11) is 0. The molecule has 3 aliphatic rings. The van der Waals surface area contributed by atoms with Crippen molar-refractivity contribution in [3.63, 3.8) is 0 Å². The summed E-state index contributed by atoms with van der Waals surface area (Å²) in [6, 6.07) is 8.05. The van der Waals surface area contributed by atoms with Crippen LogP contribution in [0, 0.1) is 0 Å². The average Bonchev–Trinajstić information content (AvgIpc) is 3.47. The molecule has 2 saturated carbocycles. The van der Waals surface area contributed by atoms with E-state index in [0.717, 1.165) is 42.9 Å². The van der Waals surface area contributed by atoms with Crippen LogP contribution >= 0.6 is 23.4 Å². The zero-order chi connectivity index (χ0) is 16.6. The lowest BCUT2D eigenvalue weighted by Gasteiger charge is -2.26. The Morgan fingerprint density at radius 3 is 2.54 bits per heavy atom. The van der Waals surface area contributed by atoms with Crippen LogP contribution in [0.4, 0.5) is 0 Å². The first-order chi connectivity index (χ1) is 11.6. The Kier molecular flexibility index (Phi) is 4.48. The number of carbonyl (C=O) groups excluding carboxylic acids is 1. The van der Waals surface area contributed by atoms with E-state index in [4.69, 9.17) is 16.3 Å². The third kappa shape index (κ3) is 3.73. The number of carbonyl (C=O) groups is 1. The first-order valence-corrected chi connectivity index (χ1v) is 9.90. The summed E-state index contributed by atoms with van der Waals surface area (Å²) in [5.41, 5.74) is 2.92. The molecule has 24 heavy (non-hydrogen) atoms. The maximum atomic E-state index is 11.8. The number of allylic oxidation sites excluding steroid dienone is 3. The predicted octanol–water partition coefficient (Wildman–Crippen LogP) is 6.06. The molecule has 0 saturated heterocycles. The maximum Gasteiger partial charge on any atom is 0.311 e. The van der Waals surface area contributed by atoms with Gasteiger partial charge in [0.15, 0.2) is 0 Å². The van der Waals surface area contributed by atoms with Gasteiger partial charge in [0.05, 0.1) is 0 Å². The van der Waals surface area contributed by atoms with Crippen molar-refractivity contribution in [2.24, 2.45) is 0 Å². The van der Waals surface area contributed by atoms with E-state index in [1.165, 1.54) is 23.3 Å². The highest BCUT2D eigenvalue weighted by Gasteiger charge is 2.49. The second kappa shape index (κ2) is 6.61. The third-order valence-corrected chi connectivity index (χ3v) is 6.68. The molecule has 0 N–H and O–H groups in total. The number of cyclic esters (lactones) is 1. The molecule has 0 aromatic heterocycles. The molecule has 1 aromatic rings. The van der Waals surface area contributed by atoms with Crippen LogP contribution in [0.5, 0.6) is 0 Å². The minimum Gasteiger partial charge on any atom is -0.431 e. The summed E-state index contributed by atoms with van der Waals surface area (Å²) in [6.07, 6.45) is 10.4. The predicted molar refractivity (Wildman–Crippen MR) is 98.2 cm³/mol. The van der Waals surface area contributed by atoms with E-state index in [-0.39, 0.29) is 10.7 Å². The normalized spacial score (nSPS) is 21.5. The number of thioether (sulfide) groups is 1. The van der Waals surface area contributed by atoms with Crippen molar-refractivity contribution in [3.05, 3.63) is 52.3 Å². The van der Waals surface area contributed by atoms with Gasteiger partial charge in [-0.1, -0.05) is 23.3 Å². The minimum absolute atomic E-state index is 0.0693. The molecule has 0 unspecified atom stereocenters. The molecular formula is C20H21ClO2S. The highest BCUT2D eigenvalue weighted by Crippen LogP contribution is 2.59. The fourth-order valence-electron chi connectivity index (χ4n) is 3.29. The SMILES string of the molecule is O=C1CCC(C2(Sc3ccc(Cl)cc3)CC2)=C(CCC=C2CC2)O1. The van der Waals surface area contributed by atoms with Gasteiger partial charge in [0.25, 0.3) is 0 Å². The summed E-state index contributed by atoms with van der Waals surface area (Å²) in [5.74, 6) is 0.878. The van der Waals surface area contributed by atoms with E-state index in [1.807, 2.05) is 23.9 Å². The van der Waals surface area contributed by atoms with Gasteiger partial charge in [0.2, 0.25) is 0 Å². The molecule has 0 spiro atoms. The van der Waals surface area contributed by atoms with Gasteiger partial charge in [-0.05, 0) is 68.4 Å². The molecule has 0 bridgehead atoms. The van der Waals surface area contributed by atoms with Crippen molar-refractivity contribution in [2.45, 2.75) is 61.0 Å². The molecule has 2 aliphatic carbocycles. The van der Waals surface area contributed by atoms with Crippen molar-refractivity contribution in [3.8, 4) is 0 Å². The Bertz CT molecular complexity index is 708. The van der Waals surface area contributed by atoms with Crippen molar-refractivity contribution in [2.75, 3.05) is 0 Å². The Labute approximate surface area is 152 Å². The molecule has 1 aliphatic heterocycles. The second-order valence-electron chi connectivity index (χ2n) is 6.83. The van der Waals surface area contributed by atoms with Gasteiger partial charge in [-0.25, -0.2) is 0 Å². The first kappa shape index (κ1) is 16.3. The van der Waals surface area contributed by atoms with E-state index >= 15 is 0 Å². The van der Waals surface area contributed by atoms with Crippen LogP contribution < -0.4 is 0 Å². The molecule has 0 radical (unpaired) electrons. The fraction of sp³-hybridized carbons (Fsp3) is 0.450. The van der Waals surface area contributed by atoms with E-state index in [2.05, 4.69) is 18.2 Å². The van der Waals surface area contributed by atoms with Crippen molar-refractivity contribution < 1.29 is 9.53 Å². The molecular weight excluding hydrogens is 340 g/mol. The molecule has 0 amide bonds. The van der Waals surface area contributed by atoms with Gasteiger partial charge in [-0.2, -0.15) is 0 Å². The summed E-state index contributed by atoms with van der Waals surface area (Å²) < 4.78 is 5.80. The Morgan fingerprint density at radius 2 is 1.88 bits per heavy atom.